The van der Waals surface area contributed by atoms with Gasteiger partial charge in [0.15, 0.2) is 5.15 Å². The normalized spacial score (nSPS) is 13.3. The molecule has 4 aromatic rings. The molecule has 2 aromatic heterocycles. The fraction of sp³-hybridized carbons (Fsp3) is 0.174. The summed E-state index contributed by atoms with van der Waals surface area (Å²) >= 11 is 7.30. The average Bonchev–Trinajstić information content (AvgIpc) is 3.20. The van der Waals surface area contributed by atoms with Crippen LogP contribution in [0.1, 0.15) is 16.7 Å². The molecule has 156 valence electrons. The maximum absolute atomic E-state index is 14.1. The minimum atomic E-state index is -0.385. The van der Waals surface area contributed by atoms with Gasteiger partial charge in [-0.15, -0.1) is 21.5 Å². The van der Waals surface area contributed by atoms with Crippen molar-refractivity contribution >= 4 is 39.1 Å². The molecule has 31 heavy (non-hydrogen) atoms. The summed E-state index contributed by atoms with van der Waals surface area (Å²) < 4.78 is 20.2. The number of hydrogen-bond donors (Lipinski definition) is 0. The number of fused-ring (bicyclic) bond motifs is 2. The standard InChI is InChI=1S/C23H17ClFN3O2S/c24-22-19-18(25)13-31-21(19)20(26-27-22)16-6-7-17-11-28(9-8-15(17)10-16)23(29)30-12-14-4-2-1-3-5-14/h1-7,10,13H,8-9,11-12H2. The highest BCUT2D eigenvalue weighted by Crippen LogP contribution is 2.36. The predicted octanol–water partition coefficient (Wildman–Crippen LogP) is 5.85. The minimum absolute atomic E-state index is 0.0696. The van der Waals surface area contributed by atoms with Crippen molar-refractivity contribution in [2.24, 2.45) is 0 Å². The molecular formula is C23H17ClFN3O2S. The van der Waals surface area contributed by atoms with Crippen LogP contribution in [0, 0.1) is 5.82 Å². The third kappa shape index (κ3) is 3.86. The number of thiophene rings is 1. The summed E-state index contributed by atoms with van der Waals surface area (Å²) in [6, 6.07) is 15.6. The number of carbonyl (C=O) groups excluding carboxylic acids is 1. The van der Waals surface area contributed by atoms with E-state index in [0.29, 0.717) is 35.3 Å². The Morgan fingerprint density at radius 2 is 2.00 bits per heavy atom. The van der Waals surface area contributed by atoms with Crippen LogP contribution in [0.2, 0.25) is 5.15 Å². The number of halogens is 2. The second kappa shape index (κ2) is 8.24. The van der Waals surface area contributed by atoms with Crippen LogP contribution in [0.4, 0.5) is 9.18 Å². The van der Waals surface area contributed by atoms with Gasteiger partial charge in [-0.2, -0.15) is 0 Å². The van der Waals surface area contributed by atoms with Crippen molar-refractivity contribution in [3.63, 3.8) is 0 Å². The van der Waals surface area contributed by atoms with E-state index < -0.39 is 0 Å². The van der Waals surface area contributed by atoms with Gasteiger partial charge in [-0.3, -0.25) is 0 Å². The van der Waals surface area contributed by atoms with E-state index in [4.69, 9.17) is 16.3 Å². The molecule has 1 aliphatic rings. The van der Waals surface area contributed by atoms with Crippen LogP contribution in [-0.4, -0.2) is 27.7 Å². The Bertz CT molecular complexity index is 1280. The first-order valence-electron chi connectivity index (χ1n) is 9.77. The van der Waals surface area contributed by atoms with Crippen LogP contribution in [0.5, 0.6) is 0 Å². The van der Waals surface area contributed by atoms with Gasteiger partial charge in [-0.25, -0.2) is 9.18 Å². The molecule has 0 saturated heterocycles. The molecule has 0 saturated carbocycles. The van der Waals surface area contributed by atoms with Crippen molar-refractivity contribution in [1.29, 1.82) is 0 Å². The molecule has 0 atom stereocenters. The van der Waals surface area contributed by atoms with Crippen LogP contribution < -0.4 is 0 Å². The Hall–Kier alpha value is -3.03. The highest BCUT2D eigenvalue weighted by atomic mass is 35.5. The van der Waals surface area contributed by atoms with Crippen molar-refractivity contribution in [2.75, 3.05) is 6.54 Å². The molecule has 0 radical (unpaired) electrons. The van der Waals surface area contributed by atoms with E-state index in [-0.39, 0.29) is 23.7 Å². The summed E-state index contributed by atoms with van der Waals surface area (Å²) in [6.07, 6.45) is 0.380. The van der Waals surface area contributed by atoms with Crippen LogP contribution in [0.3, 0.4) is 0 Å². The molecule has 0 aliphatic carbocycles. The zero-order chi connectivity index (χ0) is 21.4. The Morgan fingerprint density at radius 1 is 1.16 bits per heavy atom. The molecule has 1 amide bonds. The summed E-state index contributed by atoms with van der Waals surface area (Å²) in [4.78, 5) is 14.2. The van der Waals surface area contributed by atoms with Gasteiger partial charge in [0.1, 0.15) is 18.1 Å². The van der Waals surface area contributed by atoms with Crippen molar-refractivity contribution in [1.82, 2.24) is 15.1 Å². The minimum Gasteiger partial charge on any atom is -0.445 e. The maximum atomic E-state index is 14.1. The molecule has 5 rings (SSSR count). The van der Waals surface area contributed by atoms with E-state index in [2.05, 4.69) is 10.2 Å². The van der Waals surface area contributed by atoms with E-state index in [1.54, 1.807) is 4.90 Å². The molecule has 8 heteroatoms. The third-order valence-corrected chi connectivity index (χ3v) is 6.58. The Balaban J connectivity index is 1.34. The Kier molecular flexibility index (Phi) is 5.29. The van der Waals surface area contributed by atoms with Gasteiger partial charge in [0.2, 0.25) is 0 Å². The zero-order valence-electron chi connectivity index (χ0n) is 16.3. The van der Waals surface area contributed by atoms with E-state index in [0.717, 1.165) is 22.3 Å². The smallest absolute Gasteiger partial charge is 0.410 e. The van der Waals surface area contributed by atoms with E-state index >= 15 is 0 Å². The molecule has 3 heterocycles. The first-order valence-corrected chi connectivity index (χ1v) is 11.0. The number of amides is 1. The molecular weight excluding hydrogens is 437 g/mol. The van der Waals surface area contributed by atoms with Gasteiger partial charge in [0, 0.05) is 24.0 Å². The number of rotatable bonds is 3. The lowest BCUT2D eigenvalue weighted by molar-refractivity contribution is 0.0919. The lowest BCUT2D eigenvalue weighted by atomic mass is 9.96. The largest absolute Gasteiger partial charge is 0.445 e. The first kappa shape index (κ1) is 19.9. The molecule has 0 N–H and O–H groups in total. The van der Waals surface area contributed by atoms with Gasteiger partial charge >= 0.3 is 6.09 Å². The zero-order valence-corrected chi connectivity index (χ0v) is 17.9. The molecule has 0 bridgehead atoms. The number of nitrogens with zero attached hydrogens (tertiary/aromatic N) is 3. The Labute approximate surface area is 187 Å². The summed E-state index contributed by atoms with van der Waals surface area (Å²) in [5, 5.41) is 9.93. The number of carbonyl (C=O) groups is 1. The number of aromatic nitrogens is 2. The average molecular weight is 454 g/mol. The van der Waals surface area contributed by atoms with Crippen molar-refractivity contribution < 1.29 is 13.9 Å². The lowest BCUT2D eigenvalue weighted by Crippen LogP contribution is -2.36. The Morgan fingerprint density at radius 3 is 2.84 bits per heavy atom. The van der Waals surface area contributed by atoms with Gasteiger partial charge in [-0.05, 0) is 29.2 Å². The van der Waals surface area contributed by atoms with Crippen molar-refractivity contribution in [3.05, 3.63) is 81.6 Å². The highest BCUT2D eigenvalue weighted by Gasteiger charge is 2.23. The summed E-state index contributed by atoms with van der Waals surface area (Å²) in [7, 11) is 0. The molecule has 0 spiro atoms. The van der Waals surface area contributed by atoms with Crippen molar-refractivity contribution in [3.8, 4) is 11.3 Å². The van der Waals surface area contributed by atoms with Gasteiger partial charge in [0.25, 0.3) is 0 Å². The molecule has 5 nitrogen and oxygen atoms in total. The summed E-state index contributed by atoms with van der Waals surface area (Å²) in [5.41, 5.74) is 4.61. The predicted molar refractivity (Wildman–Crippen MR) is 119 cm³/mol. The SMILES string of the molecule is O=C(OCc1ccccc1)N1CCc2cc(-c3nnc(Cl)c4c(F)csc34)ccc2C1. The van der Waals surface area contributed by atoms with Gasteiger partial charge in [-0.1, -0.05) is 54.1 Å². The topological polar surface area (TPSA) is 55.3 Å². The summed E-state index contributed by atoms with van der Waals surface area (Å²) in [5.74, 6) is -0.385. The molecule has 0 fully saturated rings. The van der Waals surface area contributed by atoms with E-state index in [1.165, 1.54) is 16.7 Å². The fourth-order valence-electron chi connectivity index (χ4n) is 3.75. The lowest BCUT2D eigenvalue weighted by Gasteiger charge is -2.28. The van der Waals surface area contributed by atoms with Crippen LogP contribution in [0.25, 0.3) is 21.3 Å². The molecule has 1 aliphatic heterocycles. The first-order chi connectivity index (χ1) is 15.1. The van der Waals surface area contributed by atoms with Crippen molar-refractivity contribution in [2.45, 2.75) is 19.6 Å². The number of hydrogen-bond acceptors (Lipinski definition) is 5. The second-order valence-corrected chi connectivity index (χ2v) is 8.56. The maximum Gasteiger partial charge on any atom is 0.410 e. The van der Waals surface area contributed by atoms with E-state index in [9.17, 15) is 9.18 Å². The van der Waals surface area contributed by atoms with Crippen LogP contribution in [-0.2, 0) is 24.3 Å². The number of benzene rings is 2. The van der Waals surface area contributed by atoms with E-state index in [1.807, 2.05) is 48.5 Å². The molecule has 0 unspecified atom stereocenters. The fourth-order valence-corrected chi connectivity index (χ4v) is 4.95. The second-order valence-electron chi connectivity index (χ2n) is 7.32. The highest BCUT2D eigenvalue weighted by molar-refractivity contribution is 7.17. The number of ether oxygens (including phenoxy) is 1. The van der Waals surface area contributed by atoms with Crippen LogP contribution in [0.15, 0.2) is 53.9 Å². The molecule has 2 aromatic carbocycles. The van der Waals surface area contributed by atoms with Crippen LogP contribution >= 0.6 is 22.9 Å². The van der Waals surface area contributed by atoms with Gasteiger partial charge in [0.05, 0.1) is 10.1 Å². The quantitative estimate of drug-likeness (QED) is 0.390. The summed E-state index contributed by atoms with van der Waals surface area (Å²) in [6.45, 7) is 1.31. The third-order valence-electron chi connectivity index (χ3n) is 5.36. The van der Waals surface area contributed by atoms with Gasteiger partial charge < -0.3 is 9.64 Å². The monoisotopic (exact) mass is 453 g/mol.